The Kier molecular flexibility index (Phi) is 6.01. The molecule has 0 aliphatic carbocycles. The van der Waals surface area contributed by atoms with Gasteiger partial charge in [-0.15, -0.1) is 0 Å². The van der Waals surface area contributed by atoms with Crippen molar-refractivity contribution in [3.63, 3.8) is 0 Å². The van der Waals surface area contributed by atoms with Crippen LogP contribution in [0.15, 0.2) is 30.6 Å². The predicted molar refractivity (Wildman–Crippen MR) is 87.4 cm³/mol. The van der Waals surface area contributed by atoms with Crippen LogP contribution in [0.5, 0.6) is 0 Å². The highest BCUT2D eigenvalue weighted by Crippen LogP contribution is 2.29. The number of aromatic nitrogens is 2. The Hall–Kier alpha value is -1.86. The van der Waals surface area contributed by atoms with Crippen molar-refractivity contribution < 1.29 is 13.2 Å². The van der Waals surface area contributed by atoms with Gasteiger partial charge in [-0.2, -0.15) is 13.2 Å². The molecule has 4 nitrogen and oxygen atoms in total. The normalized spacial score (nSPS) is 12.3. The lowest BCUT2D eigenvalue weighted by Gasteiger charge is -2.24. The van der Waals surface area contributed by atoms with Crippen LogP contribution >= 0.6 is 0 Å². The zero-order chi connectivity index (χ0) is 17.7. The van der Waals surface area contributed by atoms with Crippen LogP contribution in [-0.2, 0) is 19.3 Å². The van der Waals surface area contributed by atoms with Gasteiger partial charge in [-0.25, -0.2) is 4.98 Å². The van der Waals surface area contributed by atoms with Crippen molar-refractivity contribution in [2.24, 2.45) is 0 Å². The second-order valence-electron chi connectivity index (χ2n) is 6.19. The van der Waals surface area contributed by atoms with Gasteiger partial charge < -0.3 is 9.88 Å². The van der Waals surface area contributed by atoms with Gasteiger partial charge in [-0.05, 0) is 32.6 Å². The third-order valence-electron chi connectivity index (χ3n) is 3.83. The largest absolute Gasteiger partial charge is 0.416 e. The SMILES string of the molecule is Cc1[nH]cnc1CN(CCN(C)C)Cc1cccc(C(F)(F)F)c1. The molecule has 132 valence electrons. The van der Waals surface area contributed by atoms with Gasteiger partial charge in [0.25, 0.3) is 0 Å². The molecule has 2 rings (SSSR count). The smallest absolute Gasteiger partial charge is 0.348 e. The molecule has 1 aromatic carbocycles. The van der Waals surface area contributed by atoms with Crippen molar-refractivity contribution in [2.75, 3.05) is 27.2 Å². The van der Waals surface area contributed by atoms with Crippen molar-refractivity contribution in [1.29, 1.82) is 0 Å². The summed E-state index contributed by atoms with van der Waals surface area (Å²) >= 11 is 0. The molecule has 2 aromatic rings. The fraction of sp³-hybridized carbons (Fsp3) is 0.471. The first kappa shape index (κ1) is 18.5. The topological polar surface area (TPSA) is 35.2 Å². The van der Waals surface area contributed by atoms with E-state index in [2.05, 4.69) is 19.8 Å². The van der Waals surface area contributed by atoms with E-state index in [4.69, 9.17) is 0 Å². The van der Waals surface area contributed by atoms with Gasteiger partial charge in [0.05, 0.1) is 17.6 Å². The number of imidazole rings is 1. The number of nitrogens with zero attached hydrogens (tertiary/aromatic N) is 3. The van der Waals surface area contributed by atoms with E-state index in [1.165, 1.54) is 12.1 Å². The molecule has 0 atom stereocenters. The van der Waals surface area contributed by atoms with E-state index in [9.17, 15) is 13.2 Å². The molecule has 0 saturated heterocycles. The summed E-state index contributed by atoms with van der Waals surface area (Å²) in [6.45, 7) is 4.55. The van der Waals surface area contributed by atoms with E-state index in [1.807, 2.05) is 21.0 Å². The summed E-state index contributed by atoms with van der Waals surface area (Å²) in [4.78, 5) is 11.5. The van der Waals surface area contributed by atoms with Crippen molar-refractivity contribution in [3.8, 4) is 0 Å². The maximum Gasteiger partial charge on any atom is 0.416 e. The zero-order valence-corrected chi connectivity index (χ0v) is 14.2. The summed E-state index contributed by atoms with van der Waals surface area (Å²) in [5.74, 6) is 0. The first-order valence-corrected chi connectivity index (χ1v) is 7.78. The standard InChI is InChI=1S/C17H23F3N4/c1-13-16(22-12-21-13)11-24(8-7-23(2)3)10-14-5-4-6-15(9-14)17(18,19)20/h4-6,9,12H,7-8,10-11H2,1-3H3,(H,21,22). The van der Waals surface area contributed by atoms with Gasteiger partial charge in [-0.3, -0.25) is 4.90 Å². The first-order chi connectivity index (χ1) is 11.3. The molecule has 0 spiro atoms. The summed E-state index contributed by atoms with van der Waals surface area (Å²) in [5.41, 5.74) is 1.94. The van der Waals surface area contributed by atoms with Crippen LogP contribution in [0.2, 0.25) is 0 Å². The maximum atomic E-state index is 12.9. The fourth-order valence-corrected chi connectivity index (χ4v) is 2.42. The average Bonchev–Trinajstić information content (AvgIpc) is 2.89. The minimum atomic E-state index is -4.32. The second-order valence-corrected chi connectivity index (χ2v) is 6.19. The molecule has 0 bridgehead atoms. The summed E-state index contributed by atoms with van der Waals surface area (Å²) in [6.07, 6.45) is -2.68. The average molecular weight is 340 g/mol. The lowest BCUT2D eigenvalue weighted by molar-refractivity contribution is -0.137. The van der Waals surface area contributed by atoms with Gasteiger partial charge in [0.1, 0.15) is 0 Å². The van der Waals surface area contributed by atoms with Gasteiger partial charge >= 0.3 is 6.18 Å². The lowest BCUT2D eigenvalue weighted by atomic mass is 10.1. The molecular weight excluding hydrogens is 317 g/mol. The highest BCUT2D eigenvalue weighted by molar-refractivity contribution is 5.25. The molecule has 0 radical (unpaired) electrons. The summed E-state index contributed by atoms with van der Waals surface area (Å²) in [5, 5.41) is 0. The Morgan fingerprint density at radius 1 is 1.12 bits per heavy atom. The maximum absolute atomic E-state index is 12.9. The number of likely N-dealkylation sites (N-methyl/N-ethyl adjacent to an activating group) is 1. The third-order valence-corrected chi connectivity index (χ3v) is 3.83. The molecule has 1 heterocycles. The van der Waals surface area contributed by atoms with Crippen molar-refractivity contribution in [1.82, 2.24) is 19.8 Å². The molecule has 0 unspecified atom stereocenters. The fourth-order valence-electron chi connectivity index (χ4n) is 2.42. The number of alkyl halides is 3. The van der Waals surface area contributed by atoms with Gasteiger partial charge in [0, 0.05) is 31.9 Å². The Balaban J connectivity index is 2.13. The molecule has 1 aromatic heterocycles. The van der Waals surface area contributed by atoms with E-state index in [0.29, 0.717) is 18.7 Å². The number of rotatable bonds is 7. The van der Waals surface area contributed by atoms with E-state index >= 15 is 0 Å². The molecule has 7 heteroatoms. The highest BCUT2D eigenvalue weighted by atomic mass is 19.4. The van der Waals surface area contributed by atoms with Gasteiger partial charge in [-0.1, -0.05) is 18.2 Å². The van der Waals surface area contributed by atoms with Crippen LogP contribution in [0, 0.1) is 6.92 Å². The lowest BCUT2D eigenvalue weighted by Crippen LogP contribution is -2.31. The summed E-state index contributed by atoms with van der Waals surface area (Å²) in [7, 11) is 3.95. The summed E-state index contributed by atoms with van der Waals surface area (Å²) in [6, 6.07) is 5.52. The molecular formula is C17H23F3N4. The van der Waals surface area contributed by atoms with Crippen LogP contribution in [0.25, 0.3) is 0 Å². The Morgan fingerprint density at radius 3 is 2.46 bits per heavy atom. The number of nitrogens with one attached hydrogen (secondary N) is 1. The van der Waals surface area contributed by atoms with E-state index in [-0.39, 0.29) is 0 Å². The van der Waals surface area contributed by atoms with Crippen LogP contribution in [0.3, 0.4) is 0 Å². The van der Waals surface area contributed by atoms with Crippen molar-refractivity contribution >= 4 is 0 Å². The predicted octanol–water partition coefficient (Wildman–Crippen LogP) is 3.30. The van der Waals surface area contributed by atoms with Crippen LogP contribution in [0.4, 0.5) is 13.2 Å². The minimum absolute atomic E-state index is 0.448. The number of hydrogen-bond donors (Lipinski definition) is 1. The molecule has 1 N–H and O–H groups in total. The number of aromatic amines is 1. The van der Waals surface area contributed by atoms with Gasteiger partial charge in [0.15, 0.2) is 0 Å². The number of H-pyrrole nitrogens is 1. The summed E-state index contributed by atoms with van der Waals surface area (Å²) < 4.78 is 38.6. The van der Waals surface area contributed by atoms with Gasteiger partial charge in [0.2, 0.25) is 0 Å². The van der Waals surface area contributed by atoms with E-state index in [1.54, 1.807) is 12.4 Å². The van der Waals surface area contributed by atoms with Crippen LogP contribution in [0.1, 0.15) is 22.5 Å². The van der Waals surface area contributed by atoms with E-state index < -0.39 is 11.7 Å². The second kappa shape index (κ2) is 7.81. The molecule has 24 heavy (non-hydrogen) atoms. The molecule has 0 amide bonds. The molecule has 0 saturated carbocycles. The van der Waals surface area contributed by atoms with Crippen molar-refractivity contribution in [3.05, 3.63) is 53.1 Å². The monoisotopic (exact) mass is 340 g/mol. The quantitative estimate of drug-likeness (QED) is 0.840. The Bertz CT molecular complexity index is 649. The molecule has 0 aliphatic rings. The molecule has 0 aliphatic heterocycles. The third kappa shape index (κ3) is 5.35. The Labute approximate surface area is 140 Å². The van der Waals surface area contributed by atoms with Crippen LogP contribution in [-0.4, -0.2) is 47.0 Å². The highest BCUT2D eigenvalue weighted by Gasteiger charge is 2.30. The number of aryl methyl sites for hydroxylation is 1. The zero-order valence-electron chi connectivity index (χ0n) is 14.2. The Morgan fingerprint density at radius 2 is 1.88 bits per heavy atom. The number of halogens is 3. The van der Waals surface area contributed by atoms with Crippen molar-refractivity contribution in [2.45, 2.75) is 26.2 Å². The van der Waals surface area contributed by atoms with Crippen LogP contribution < -0.4 is 0 Å². The number of hydrogen-bond acceptors (Lipinski definition) is 3. The number of benzene rings is 1. The molecule has 0 fully saturated rings. The van der Waals surface area contributed by atoms with E-state index in [0.717, 1.165) is 30.5 Å². The first-order valence-electron chi connectivity index (χ1n) is 7.78. The minimum Gasteiger partial charge on any atom is -0.348 e.